The highest BCUT2D eigenvalue weighted by Gasteiger charge is 2.18. The number of fused-ring (bicyclic) bond motifs is 2. The largest absolute Gasteiger partial charge is 0.309 e. The van der Waals surface area contributed by atoms with Crippen LogP contribution >= 0.6 is 11.8 Å². The van der Waals surface area contributed by atoms with E-state index in [9.17, 15) is 9.59 Å². The molecule has 148 valence electrons. The molecule has 0 bridgehead atoms. The lowest BCUT2D eigenvalue weighted by atomic mass is 10.2. The van der Waals surface area contributed by atoms with Crippen LogP contribution in [0.25, 0.3) is 21.8 Å². The molecule has 0 amide bonds. The first-order valence-corrected chi connectivity index (χ1v) is 10.5. The molecular formula is C22H22N4O2S. The predicted octanol–water partition coefficient (Wildman–Crippen LogP) is 4.14. The summed E-state index contributed by atoms with van der Waals surface area (Å²) in [6.45, 7) is 6.68. The molecule has 4 rings (SSSR count). The van der Waals surface area contributed by atoms with E-state index >= 15 is 0 Å². The summed E-state index contributed by atoms with van der Waals surface area (Å²) in [6.07, 6.45) is 0. The van der Waals surface area contributed by atoms with E-state index in [0.29, 0.717) is 45.2 Å². The van der Waals surface area contributed by atoms with Gasteiger partial charge < -0.3 is 4.98 Å². The molecule has 0 aliphatic heterocycles. The molecule has 0 spiro atoms. The first-order valence-electron chi connectivity index (χ1n) is 9.59. The molecular weight excluding hydrogens is 384 g/mol. The zero-order chi connectivity index (χ0) is 20.5. The molecule has 2 aromatic carbocycles. The van der Waals surface area contributed by atoms with Crippen LogP contribution < -0.4 is 11.1 Å². The highest BCUT2D eigenvalue weighted by atomic mass is 32.2. The summed E-state index contributed by atoms with van der Waals surface area (Å²) in [4.78, 5) is 37.7. The van der Waals surface area contributed by atoms with Crippen LogP contribution in [0.2, 0.25) is 0 Å². The quantitative estimate of drug-likeness (QED) is 0.398. The van der Waals surface area contributed by atoms with Crippen molar-refractivity contribution in [3.05, 3.63) is 75.1 Å². The lowest BCUT2D eigenvalue weighted by Gasteiger charge is -2.17. The maximum atomic E-state index is 13.1. The fourth-order valence-corrected chi connectivity index (χ4v) is 4.25. The van der Waals surface area contributed by atoms with E-state index in [-0.39, 0.29) is 16.4 Å². The monoisotopic (exact) mass is 406 g/mol. The number of nitrogens with zero attached hydrogens (tertiary/aromatic N) is 3. The van der Waals surface area contributed by atoms with Gasteiger partial charge in [-0.15, -0.1) is 0 Å². The molecule has 1 atom stereocenters. The van der Waals surface area contributed by atoms with Gasteiger partial charge in [0, 0.05) is 6.54 Å². The Balaban J connectivity index is 1.79. The molecule has 6 nitrogen and oxygen atoms in total. The average molecular weight is 407 g/mol. The molecule has 1 N–H and O–H groups in total. The minimum absolute atomic E-state index is 0.0426. The van der Waals surface area contributed by atoms with Crippen LogP contribution in [0.4, 0.5) is 0 Å². The topological polar surface area (TPSA) is 80.6 Å². The number of aromatic amines is 1. The smallest absolute Gasteiger partial charge is 0.262 e. The first-order chi connectivity index (χ1) is 13.9. The Morgan fingerprint density at radius 3 is 2.24 bits per heavy atom. The van der Waals surface area contributed by atoms with Crippen molar-refractivity contribution in [1.29, 1.82) is 0 Å². The van der Waals surface area contributed by atoms with Gasteiger partial charge in [-0.3, -0.25) is 14.2 Å². The Kier molecular flexibility index (Phi) is 5.24. The second kappa shape index (κ2) is 7.83. The zero-order valence-electron chi connectivity index (χ0n) is 16.5. The summed E-state index contributed by atoms with van der Waals surface area (Å²) in [5.41, 5.74) is 1.12. The molecule has 0 radical (unpaired) electrons. The summed E-state index contributed by atoms with van der Waals surface area (Å²) in [5, 5.41) is 1.63. The Labute approximate surface area is 172 Å². The van der Waals surface area contributed by atoms with E-state index in [0.717, 1.165) is 0 Å². The number of para-hydroxylation sites is 2. The lowest BCUT2D eigenvalue weighted by Crippen LogP contribution is -2.25. The van der Waals surface area contributed by atoms with Crippen molar-refractivity contribution in [2.75, 3.05) is 0 Å². The third-order valence-corrected chi connectivity index (χ3v) is 5.77. The SMILES string of the molecule is CC(C)Cn1c(S[C@H](C)c2nc3ccccc3c(=O)[nH]2)nc2ccccc2c1=O. The molecule has 0 fully saturated rings. The number of rotatable bonds is 5. The van der Waals surface area contributed by atoms with Gasteiger partial charge in [-0.1, -0.05) is 49.9 Å². The normalized spacial score (nSPS) is 12.7. The Morgan fingerprint density at radius 1 is 0.931 bits per heavy atom. The Bertz CT molecular complexity index is 1310. The molecule has 0 unspecified atom stereocenters. The van der Waals surface area contributed by atoms with Crippen molar-refractivity contribution in [3.8, 4) is 0 Å². The molecule has 0 aliphatic carbocycles. The third-order valence-electron chi connectivity index (χ3n) is 4.67. The van der Waals surface area contributed by atoms with Crippen LogP contribution in [-0.2, 0) is 6.54 Å². The zero-order valence-corrected chi connectivity index (χ0v) is 17.4. The summed E-state index contributed by atoms with van der Waals surface area (Å²) in [6, 6.07) is 14.7. The van der Waals surface area contributed by atoms with Crippen LogP contribution in [0.15, 0.2) is 63.3 Å². The molecule has 29 heavy (non-hydrogen) atoms. The number of hydrogen-bond donors (Lipinski definition) is 1. The van der Waals surface area contributed by atoms with E-state index in [2.05, 4.69) is 23.8 Å². The maximum Gasteiger partial charge on any atom is 0.262 e. The number of aromatic nitrogens is 4. The van der Waals surface area contributed by atoms with Crippen molar-refractivity contribution in [2.45, 2.75) is 37.7 Å². The molecule has 0 saturated heterocycles. The van der Waals surface area contributed by atoms with Gasteiger partial charge in [0.15, 0.2) is 5.16 Å². The fourth-order valence-electron chi connectivity index (χ4n) is 3.27. The molecule has 2 heterocycles. The molecule has 4 aromatic rings. The molecule has 0 aliphatic rings. The number of nitrogens with one attached hydrogen (secondary N) is 1. The molecule has 2 aromatic heterocycles. The lowest BCUT2D eigenvalue weighted by molar-refractivity contribution is 0.474. The van der Waals surface area contributed by atoms with E-state index in [1.807, 2.05) is 49.4 Å². The van der Waals surface area contributed by atoms with E-state index in [1.165, 1.54) is 11.8 Å². The van der Waals surface area contributed by atoms with E-state index < -0.39 is 0 Å². The Morgan fingerprint density at radius 2 is 1.55 bits per heavy atom. The average Bonchev–Trinajstić information content (AvgIpc) is 2.70. The van der Waals surface area contributed by atoms with Gasteiger partial charge in [-0.05, 0) is 37.1 Å². The van der Waals surface area contributed by atoms with E-state index in [4.69, 9.17) is 4.98 Å². The van der Waals surface area contributed by atoms with Crippen molar-refractivity contribution < 1.29 is 0 Å². The van der Waals surface area contributed by atoms with Gasteiger partial charge in [-0.2, -0.15) is 0 Å². The standard InChI is InChI=1S/C22H22N4O2S/c1-13(2)12-26-21(28)16-9-5-7-11-18(16)24-22(26)29-14(3)19-23-17-10-6-4-8-15(17)20(27)25-19/h4-11,13-14H,12H2,1-3H3,(H,23,25,27)/t14-/m1/s1. The summed E-state index contributed by atoms with van der Waals surface area (Å²) >= 11 is 1.43. The van der Waals surface area contributed by atoms with Crippen molar-refractivity contribution in [3.63, 3.8) is 0 Å². The van der Waals surface area contributed by atoms with Gasteiger partial charge in [0.2, 0.25) is 0 Å². The Hall–Kier alpha value is -2.93. The molecule has 0 saturated carbocycles. The first kappa shape index (κ1) is 19.4. The minimum Gasteiger partial charge on any atom is -0.309 e. The summed E-state index contributed by atoms with van der Waals surface area (Å²) < 4.78 is 1.73. The van der Waals surface area contributed by atoms with Gasteiger partial charge in [0.05, 0.1) is 27.1 Å². The fraction of sp³-hybridized carbons (Fsp3) is 0.273. The van der Waals surface area contributed by atoms with Crippen LogP contribution in [0.1, 0.15) is 31.8 Å². The van der Waals surface area contributed by atoms with Crippen LogP contribution in [0, 0.1) is 5.92 Å². The van der Waals surface area contributed by atoms with Crippen molar-refractivity contribution in [2.24, 2.45) is 5.92 Å². The highest BCUT2D eigenvalue weighted by Crippen LogP contribution is 2.32. The molecule has 7 heteroatoms. The number of thioether (sulfide) groups is 1. The minimum atomic E-state index is -0.182. The maximum absolute atomic E-state index is 13.1. The van der Waals surface area contributed by atoms with Crippen molar-refractivity contribution >= 4 is 33.6 Å². The number of benzene rings is 2. The summed E-state index contributed by atoms with van der Waals surface area (Å²) in [7, 11) is 0. The number of H-pyrrole nitrogens is 1. The second-order valence-electron chi connectivity index (χ2n) is 7.45. The van der Waals surface area contributed by atoms with Gasteiger partial charge >= 0.3 is 0 Å². The van der Waals surface area contributed by atoms with Gasteiger partial charge in [0.1, 0.15) is 5.82 Å². The van der Waals surface area contributed by atoms with Crippen LogP contribution in [0.5, 0.6) is 0 Å². The van der Waals surface area contributed by atoms with Crippen LogP contribution in [-0.4, -0.2) is 19.5 Å². The van der Waals surface area contributed by atoms with E-state index in [1.54, 1.807) is 10.6 Å². The second-order valence-corrected chi connectivity index (χ2v) is 8.76. The number of hydrogen-bond acceptors (Lipinski definition) is 5. The predicted molar refractivity (Wildman–Crippen MR) is 117 cm³/mol. The van der Waals surface area contributed by atoms with Crippen LogP contribution in [0.3, 0.4) is 0 Å². The van der Waals surface area contributed by atoms with Gasteiger partial charge in [-0.25, -0.2) is 9.97 Å². The van der Waals surface area contributed by atoms with Gasteiger partial charge in [0.25, 0.3) is 11.1 Å². The third kappa shape index (κ3) is 3.82. The highest BCUT2D eigenvalue weighted by molar-refractivity contribution is 7.99. The van der Waals surface area contributed by atoms with Crippen molar-refractivity contribution in [1.82, 2.24) is 19.5 Å². The summed E-state index contributed by atoms with van der Waals surface area (Å²) in [5.74, 6) is 0.862.